The number of alkyl halides is 7. The topological polar surface area (TPSA) is 65.4 Å². The Balaban J connectivity index is 1.69. The van der Waals surface area contributed by atoms with Crippen molar-refractivity contribution in [1.82, 2.24) is 9.78 Å². The van der Waals surface area contributed by atoms with Crippen LogP contribution in [-0.2, 0) is 11.0 Å². The van der Waals surface area contributed by atoms with Crippen molar-refractivity contribution in [1.29, 1.82) is 0 Å². The molecule has 0 radical (unpaired) electrons. The van der Waals surface area contributed by atoms with E-state index >= 15 is 0 Å². The molecule has 1 heterocycles. The van der Waals surface area contributed by atoms with Gasteiger partial charge in [0, 0.05) is 11.8 Å². The van der Waals surface area contributed by atoms with Gasteiger partial charge in [0.25, 0.3) is 5.91 Å². The van der Waals surface area contributed by atoms with Gasteiger partial charge in [0.2, 0.25) is 5.88 Å². The van der Waals surface area contributed by atoms with E-state index in [1.807, 2.05) is 0 Å². The summed E-state index contributed by atoms with van der Waals surface area (Å²) in [6, 6.07) is 4.92. The van der Waals surface area contributed by atoms with Crippen molar-refractivity contribution in [3.8, 4) is 11.6 Å². The molecule has 0 spiro atoms. The van der Waals surface area contributed by atoms with Crippen molar-refractivity contribution in [3.63, 3.8) is 0 Å². The first-order valence-electron chi connectivity index (χ1n) is 8.89. The zero-order valence-corrected chi connectivity index (χ0v) is 16.6. The molecule has 1 unspecified atom stereocenters. The number of carbonyl (C=O) groups is 1. The Morgan fingerprint density at radius 2 is 1.88 bits per heavy atom. The van der Waals surface area contributed by atoms with Crippen molar-refractivity contribution in [2.75, 3.05) is 11.9 Å². The Hall–Kier alpha value is -3.15. The first kappa shape index (κ1) is 23.5. The second-order valence-electron chi connectivity index (χ2n) is 6.41. The minimum Gasteiger partial charge on any atom is -0.467 e. The zero-order valence-electron chi connectivity index (χ0n) is 15.9. The highest BCUT2D eigenvalue weighted by atomic mass is 35.5. The number of nitrogens with one attached hydrogen (secondary N) is 1. The molecular formula is C19H14ClF6N3O3. The van der Waals surface area contributed by atoms with Crippen LogP contribution in [-0.4, -0.2) is 34.0 Å². The molecule has 1 aromatic heterocycles. The molecule has 6 nitrogen and oxygen atoms in total. The first-order valence-corrected chi connectivity index (χ1v) is 9.33. The molecular weight excluding hydrogens is 468 g/mol. The van der Waals surface area contributed by atoms with Crippen molar-refractivity contribution < 1.29 is 40.6 Å². The van der Waals surface area contributed by atoms with Crippen LogP contribution in [0.4, 0.5) is 32.0 Å². The minimum absolute atomic E-state index is 0.124. The molecule has 2 aromatic rings. The van der Waals surface area contributed by atoms with Gasteiger partial charge in [-0.05, 0) is 36.8 Å². The molecule has 0 bridgehead atoms. The third kappa shape index (κ3) is 6.19. The van der Waals surface area contributed by atoms with E-state index < -0.39 is 41.9 Å². The van der Waals surface area contributed by atoms with Gasteiger partial charge in [0.15, 0.2) is 12.3 Å². The number of allylic oxidation sites excluding steroid dienone is 4. The average Bonchev–Trinajstić information content (AvgIpc) is 3.12. The minimum atomic E-state index is -4.86. The van der Waals surface area contributed by atoms with Crippen LogP contribution in [0, 0.1) is 0 Å². The van der Waals surface area contributed by atoms with Crippen molar-refractivity contribution in [2.24, 2.45) is 0 Å². The zero-order chi connectivity index (χ0) is 23.5. The fraction of sp³-hybridized carbons (Fsp3) is 0.263. The molecule has 0 fully saturated rings. The van der Waals surface area contributed by atoms with Gasteiger partial charge in [-0.15, -0.1) is 24.8 Å². The van der Waals surface area contributed by atoms with Crippen LogP contribution in [0.2, 0.25) is 0 Å². The quantitative estimate of drug-likeness (QED) is 0.453. The van der Waals surface area contributed by atoms with Gasteiger partial charge in [-0.1, -0.05) is 12.2 Å². The van der Waals surface area contributed by atoms with E-state index in [1.54, 1.807) is 12.2 Å². The summed E-state index contributed by atoms with van der Waals surface area (Å²) in [4.78, 5) is 12.1. The average molecular weight is 482 g/mol. The number of benzene rings is 1. The van der Waals surface area contributed by atoms with E-state index in [1.165, 1.54) is 6.08 Å². The number of aromatic nitrogens is 2. The SMILES string of the molecule is O=C(COc1cc(C(F)(F)F)nn1C1=CC=CCC1Cl)Nc1ccc(OC(F)(F)F)cc1. The van der Waals surface area contributed by atoms with Crippen molar-refractivity contribution in [3.05, 3.63) is 54.3 Å². The van der Waals surface area contributed by atoms with Crippen LogP contribution < -0.4 is 14.8 Å². The molecule has 13 heteroatoms. The van der Waals surface area contributed by atoms with E-state index in [-0.39, 0.29) is 17.3 Å². The van der Waals surface area contributed by atoms with Crippen LogP contribution >= 0.6 is 11.6 Å². The van der Waals surface area contributed by atoms with E-state index in [0.29, 0.717) is 12.5 Å². The Labute approximate surface area is 182 Å². The predicted octanol–water partition coefficient (Wildman–Crippen LogP) is 5.23. The lowest BCUT2D eigenvalue weighted by Gasteiger charge is -2.17. The summed E-state index contributed by atoms with van der Waals surface area (Å²) in [5, 5.41) is 5.18. The highest BCUT2D eigenvalue weighted by Crippen LogP contribution is 2.34. The summed E-state index contributed by atoms with van der Waals surface area (Å²) in [6.07, 6.45) is -4.43. The number of nitrogens with zero attached hydrogens (tertiary/aromatic N) is 2. The smallest absolute Gasteiger partial charge is 0.467 e. The fourth-order valence-corrected chi connectivity index (χ4v) is 2.93. The lowest BCUT2D eigenvalue weighted by atomic mass is 10.1. The molecule has 1 aliphatic carbocycles. The maximum absolute atomic E-state index is 13.1. The van der Waals surface area contributed by atoms with Crippen LogP contribution in [0.5, 0.6) is 11.6 Å². The number of hydrogen-bond donors (Lipinski definition) is 1. The lowest BCUT2D eigenvalue weighted by Crippen LogP contribution is -2.22. The van der Waals surface area contributed by atoms with Crippen LogP contribution in [0.3, 0.4) is 0 Å². The monoisotopic (exact) mass is 481 g/mol. The Bertz CT molecular complexity index is 1030. The molecule has 1 aromatic carbocycles. The highest BCUT2D eigenvalue weighted by molar-refractivity contribution is 6.25. The van der Waals surface area contributed by atoms with E-state index in [2.05, 4.69) is 15.2 Å². The maximum atomic E-state index is 13.1. The summed E-state index contributed by atoms with van der Waals surface area (Å²) in [6.45, 7) is -0.695. The van der Waals surface area contributed by atoms with E-state index in [9.17, 15) is 31.1 Å². The number of amides is 1. The van der Waals surface area contributed by atoms with Gasteiger partial charge in [0.1, 0.15) is 5.75 Å². The highest BCUT2D eigenvalue weighted by Gasteiger charge is 2.36. The predicted molar refractivity (Wildman–Crippen MR) is 102 cm³/mol. The summed E-state index contributed by atoms with van der Waals surface area (Å²) in [5.74, 6) is -1.61. The molecule has 0 aliphatic heterocycles. The summed E-state index contributed by atoms with van der Waals surface area (Å²) in [7, 11) is 0. The van der Waals surface area contributed by atoms with Gasteiger partial charge < -0.3 is 14.8 Å². The van der Waals surface area contributed by atoms with Crippen LogP contribution in [0.15, 0.2) is 48.6 Å². The molecule has 172 valence electrons. The molecule has 1 N–H and O–H groups in total. The number of anilines is 1. The Kier molecular flexibility index (Phi) is 6.72. The Morgan fingerprint density at radius 3 is 2.47 bits per heavy atom. The third-order valence-corrected chi connectivity index (χ3v) is 4.40. The molecule has 1 atom stereocenters. The molecule has 0 saturated heterocycles. The van der Waals surface area contributed by atoms with E-state index in [0.717, 1.165) is 28.9 Å². The molecule has 1 amide bonds. The largest absolute Gasteiger partial charge is 0.573 e. The Morgan fingerprint density at radius 1 is 1.19 bits per heavy atom. The number of ether oxygens (including phenoxy) is 2. The molecule has 3 rings (SSSR count). The fourth-order valence-electron chi connectivity index (χ4n) is 2.66. The standard InChI is InChI=1S/C19H14ClF6N3O3/c20-13-3-1-2-4-14(13)29-17(9-15(28-29)18(21,22)23)31-10-16(30)27-11-5-7-12(8-6-11)32-19(24,25)26/h1-2,4-9,13H,3,10H2,(H,27,30). The summed E-state index contributed by atoms with van der Waals surface area (Å²) < 4.78 is 85.7. The molecule has 1 aliphatic rings. The van der Waals surface area contributed by atoms with Crippen molar-refractivity contribution >= 4 is 28.9 Å². The number of carbonyl (C=O) groups excluding carboxylic acids is 1. The number of rotatable bonds is 6. The van der Waals surface area contributed by atoms with Crippen molar-refractivity contribution in [2.45, 2.75) is 24.3 Å². The van der Waals surface area contributed by atoms with Crippen LogP contribution in [0.25, 0.3) is 5.70 Å². The third-order valence-electron chi connectivity index (χ3n) is 4.00. The summed E-state index contributed by atoms with van der Waals surface area (Å²) in [5.41, 5.74) is -0.869. The van der Waals surface area contributed by atoms with Gasteiger partial charge >= 0.3 is 12.5 Å². The maximum Gasteiger partial charge on any atom is 0.573 e. The van der Waals surface area contributed by atoms with Gasteiger partial charge in [0.05, 0.1) is 11.1 Å². The van der Waals surface area contributed by atoms with Gasteiger partial charge in [-0.3, -0.25) is 4.79 Å². The second-order valence-corrected chi connectivity index (χ2v) is 6.94. The molecule has 0 saturated carbocycles. The number of halogens is 7. The first-order chi connectivity index (χ1) is 14.9. The van der Waals surface area contributed by atoms with Crippen LogP contribution in [0.1, 0.15) is 12.1 Å². The lowest BCUT2D eigenvalue weighted by molar-refractivity contribution is -0.274. The number of hydrogen-bond acceptors (Lipinski definition) is 4. The molecule has 32 heavy (non-hydrogen) atoms. The second kappa shape index (κ2) is 9.15. The van der Waals surface area contributed by atoms with Gasteiger partial charge in [-0.25, -0.2) is 4.68 Å². The summed E-state index contributed by atoms with van der Waals surface area (Å²) >= 11 is 6.16. The normalized spacial score (nSPS) is 16.5. The van der Waals surface area contributed by atoms with E-state index in [4.69, 9.17) is 16.3 Å². The van der Waals surface area contributed by atoms with Gasteiger partial charge in [-0.2, -0.15) is 18.3 Å².